The van der Waals surface area contributed by atoms with Crippen LogP contribution in [0.4, 0.5) is 4.39 Å². The third-order valence-electron chi connectivity index (χ3n) is 4.98. The average Bonchev–Trinajstić information content (AvgIpc) is 2.92. The maximum Gasteiger partial charge on any atom is 0.261 e. The first kappa shape index (κ1) is 19.7. The molecule has 0 aromatic heterocycles. The third kappa shape index (κ3) is 3.66. The molecule has 0 fully saturated rings. The van der Waals surface area contributed by atoms with E-state index in [1.165, 1.54) is 24.1 Å². The number of carbonyl (C=O) groups is 3. The van der Waals surface area contributed by atoms with Crippen molar-refractivity contribution in [3.05, 3.63) is 70.5 Å². The molecule has 3 amide bonds. The number of benzene rings is 2. The molecule has 7 heteroatoms. The molecule has 0 radical (unpaired) electrons. The highest BCUT2D eigenvalue weighted by Gasteiger charge is 2.36. The number of fused-ring (bicyclic) bond motifs is 1. The van der Waals surface area contributed by atoms with E-state index in [4.69, 9.17) is 0 Å². The Hall–Kier alpha value is -3.06. The summed E-state index contributed by atoms with van der Waals surface area (Å²) < 4.78 is 14.3. The van der Waals surface area contributed by atoms with E-state index in [2.05, 4.69) is 5.32 Å². The van der Waals surface area contributed by atoms with Gasteiger partial charge in [0.1, 0.15) is 5.82 Å². The molecule has 146 valence electrons. The zero-order chi connectivity index (χ0) is 20.4. The van der Waals surface area contributed by atoms with Crippen LogP contribution in [0.2, 0.25) is 0 Å². The molecular formula is C21H22FN3O3. The van der Waals surface area contributed by atoms with Crippen LogP contribution in [-0.4, -0.2) is 61.3 Å². The van der Waals surface area contributed by atoms with E-state index in [0.717, 1.165) is 0 Å². The molecule has 3 rings (SSSR count). The molecule has 0 unspecified atom stereocenters. The fraction of sp³-hybridized carbons (Fsp3) is 0.286. The van der Waals surface area contributed by atoms with Crippen LogP contribution in [0.5, 0.6) is 0 Å². The minimum absolute atomic E-state index is 0.0204. The molecule has 1 atom stereocenters. The topological polar surface area (TPSA) is 69.7 Å². The zero-order valence-electron chi connectivity index (χ0n) is 16.0. The second-order valence-corrected chi connectivity index (χ2v) is 6.98. The summed E-state index contributed by atoms with van der Waals surface area (Å²) in [6.07, 6.45) is 0.422. The third-order valence-corrected chi connectivity index (χ3v) is 4.98. The van der Waals surface area contributed by atoms with Gasteiger partial charge in [0.25, 0.3) is 17.7 Å². The van der Waals surface area contributed by atoms with Crippen LogP contribution in [0.1, 0.15) is 36.6 Å². The Labute approximate surface area is 162 Å². The molecule has 0 aliphatic carbocycles. The van der Waals surface area contributed by atoms with Crippen LogP contribution in [-0.2, 0) is 6.42 Å². The van der Waals surface area contributed by atoms with Gasteiger partial charge in [0.2, 0.25) is 0 Å². The number of carbonyl (C=O) groups excluding carboxylic acids is 3. The van der Waals surface area contributed by atoms with Gasteiger partial charge in [0, 0.05) is 19.6 Å². The predicted octanol–water partition coefficient (Wildman–Crippen LogP) is 1.95. The summed E-state index contributed by atoms with van der Waals surface area (Å²) >= 11 is 0. The highest BCUT2D eigenvalue weighted by molar-refractivity contribution is 6.21. The van der Waals surface area contributed by atoms with E-state index in [1.807, 2.05) is 19.0 Å². The molecule has 0 bridgehead atoms. The Bertz CT molecular complexity index is 907. The summed E-state index contributed by atoms with van der Waals surface area (Å²) in [5.41, 5.74) is 1.48. The Morgan fingerprint density at radius 2 is 1.71 bits per heavy atom. The van der Waals surface area contributed by atoms with E-state index in [9.17, 15) is 18.8 Å². The van der Waals surface area contributed by atoms with Gasteiger partial charge in [-0.3, -0.25) is 19.3 Å². The fourth-order valence-electron chi connectivity index (χ4n) is 3.30. The molecule has 6 nitrogen and oxygen atoms in total. The Morgan fingerprint density at radius 1 is 1.11 bits per heavy atom. The van der Waals surface area contributed by atoms with Crippen LogP contribution in [0, 0.1) is 5.82 Å². The lowest BCUT2D eigenvalue weighted by molar-refractivity contribution is 0.0611. The molecule has 0 saturated carbocycles. The number of rotatable bonds is 6. The summed E-state index contributed by atoms with van der Waals surface area (Å²) in [6, 6.07) is 11.0. The molecule has 1 aliphatic rings. The monoisotopic (exact) mass is 383 g/mol. The van der Waals surface area contributed by atoms with Gasteiger partial charge in [0.05, 0.1) is 16.7 Å². The van der Waals surface area contributed by atoms with E-state index >= 15 is 0 Å². The average molecular weight is 383 g/mol. The standard InChI is InChI=1S/C21H22FN3O3/c1-23-19(26)17-9-8-13(11-18(17)22)10-14(24(2)3)12-25-20(27)15-6-4-5-7-16(15)21(25)28/h4-9,11,14H,10,12H2,1-3H3,(H,23,26)/t14-/m0/s1. The van der Waals surface area contributed by atoms with Crippen molar-refractivity contribution in [2.24, 2.45) is 0 Å². The van der Waals surface area contributed by atoms with Gasteiger partial charge in [-0.1, -0.05) is 18.2 Å². The first-order valence-corrected chi connectivity index (χ1v) is 8.95. The van der Waals surface area contributed by atoms with Crippen molar-refractivity contribution in [2.45, 2.75) is 12.5 Å². The normalized spacial score (nSPS) is 14.4. The number of nitrogens with one attached hydrogen (secondary N) is 1. The van der Waals surface area contributed by atoms with Crippen molar-refractivity contribution in [3.8, 4) is 0 Å². The molecule has 28 heavy (non-hydrogen) atoms. The number of nitrogens with zero attached hydrogens (tertiary/aromatic N) is 2. The molecule has 1 N–H and O–H groups in total. The molecule has 0 saturated heterocycles. The van der Waals surface area contributed by atoms with Crippen LogP contribution >= 0.6 is 0 Å². The number of hydrogen-bond donors (Lipinski definition) is 1. The summed E-state index contributed by atoms with van der Waals surface area (Å²) in [4.78, 5) is 40.0. The highest BCUT2D eigenvalue weighted by Crippen LogP contribution is 2.24. The minimum Gasteiger partial charge on any atom is -0.355 e. The maximum atomic E-state index is 14.3. The molecule has 2 aromatic rings. The molecule has 1 heterocycles. The van der Waals surface area contributed by atoms with Crippen LogP contribution in [0.15, 0.2) is 42.5 Å². The van der Waals surface area contributed by atoms with Crippen molar-refractivity contribution >= 4 is 17.7 Å². The van der Waals surface area contributed by atoms with Gasteiger partial charge >= 0.3 is 0 Å². The lowest BCUT2D eigenvalue weighted by Crippen LogP contribution is -2.44. The Kier molecular flexibility index (Phi) is 5.56. The lowest BCUT2D eigenvalue weighted by atomic mass is 10.0. The van der Waals surface area contributed by atoms with Gasteiger partial charge in [-0.25, -0.2) is 4.39 Å². The van der Waals surface area contributed by atoms with Gasteiger partial charge in [-0.2, -0.15) is 0 Å². The maximum absolute atomic E-state index is 14.3. The van der Waals surface area contributed by atoms with Gasteiger partial charge in [-0.05, 0) is 50.3 Å². The van der Waals surface area contributed by atoms with Crippen molar-refractivity contribution in [3.63, 3.8) is 0 Å². The van der Waals surface area contributed by atoms with Gasteiger partial charge < -0.3 is 10.2 Å². The summed E-state index contributed by atoms with van der Waals surface area (Å²) in [5.74, 6) is -1.71. The zero-order valence-corrected chi connectivity index (χ0v) is 16.0. The van der Waals surface area contributed by atoms with Crippen LogP contribution < -0.4 is 5.32 Å². The van der Waals surface area contributed by atoms with Gasteiger partial charge in [0.15, 0.2) is 0 Å². The molecular weight excluding hydrogens is 361 g/mol. The summed E-state index contributed by atoms with van der Waals surface area (Å²) in [7, 11) is 5.13. The number of hydrogen-bond acceptors (Lipinski definition) is 4. The smallest absolute Gasteiger partial charge is 0.261 e. The van der Waals surface area contributed by atoms with Crippen molar-refractivity contribution in [1.29, 1.82) is 0 Å². The first-order chi connectivity index (χ1) is 13.3. The largest absolute Gasteiger partial charge is 0.355 e. The lowest BCUT2D eigenvalue weighted by Gasteiger charge is -2.28. The van der Waals surface area contributed by atoms with Gasteiger partial charge in [-0.15, -0.1) is 0 Å². The van der Waals surface area contributed by atoms with E-state index < -0.39 is 11.7 Å². The quantitative estimate of drug-likeness (QED) is 0.775. The van der Waals surface area contributed by atoms with Crippen molar-refractivity contribution < 1.29 is 18.8 Å². The molecule has 0 spiro atoms. The van der Waals surface area contributed by atoms with E-state index in [0.29, 0.717) is 23.1 Å². The second-order valence-electron chi connectivity index (χ2n) is 6.98. The minimum atomic E-state index is -0.602. The number of imide groups is 1. The molecule has 1 aliphatic heterocycles. The van der Waals surface area contributed by atoms with E-state index in [-0.39, 0.29) is 30.0 Å². The summed E-state index contributed by atoms with van der Waals surface area (Å²) in [5, 5.41) is 2.40. The first-order valence-electron chi connectivity index (χ1n) is 8.95. The summed E-state index contributed by atoms with van der Waals surface area (Å²) in [6.45, 7) is 0.193. The number of halogens is 1. The van der Waals surface area contributed by atoms with Crippen molar-refractivity contribution in [1.82, 2.24) is 15.1 Å². The SMILES string of the molecule is CNC(=O)c1ccc(C[C@@H](CN2C(=O)c3ccccc3C2=O)N(C)C)cc1F. The predicted molar refractivity (Wildman–Crippen MR) is 103 cm³/mol. The van der Waals surface area contributed by atoms with Crippen molar-refractivity contribution in [2.75, 3.05) is 27.7 Å². The van der Waals surface area contributed by atoms with Crippen LogP contribution in [0.25, 0.3) is 0 Å². The Morgan fingerprint density at radius 3 is 2.21 bits per heavy atom. The fourth-order valence-corrected chi connectivity index (χ4v) is 3.30. The second kappa shape index (κ2) is 7.90. The molecule has 2 aromatic carbocycles. The number of likely N-dealkylation sites (N-methyl/N-ethyl adjacent to an activating group) is 1. The van der Waals surface area contributed by atoms with Crippen LogP contribution in [0.3, 0.4) is 0 Å². The van der Waals surface area contributed by atoms with E-state index in [1.54, 1.807) is 30.3 Å². The number of amides is 3. The Balaban J connectivity index is 1.79. The highest BCUT2D eigenvalue weighted by atomic mass is 19.1.